The molecule has 108 valence electrons. The third-order valence-electron chi connectivity index (χ3n) is 3.36. The second-order valence-electron chi connectivity index (χ2n) is 4.69. The fraction of sp³-hybridized carbons (Fsp3) is 0.727. The van der Waals surface area contributed by atoms with E-state index in [1.807, 2.05) is 0 Å². The second-order valence-corrected chi connectivity index (χ2v) is 6.63. The molecule has 0 saturated carbocycles. The van der Waals surface area contributed by atoms with Crippen LogP contribution in [0.15, 0.2) is 4.90 Å². The van der Waals surface area contributed by atoms with Crippen molar-refractivity contribution in [2.45, 2.75) is 30.8 Å². The van der Waals surface area contributed by atoms with E-state index in [4.69, 9.17) is 4.74 Å². The Morgan fingerprint density at radius 3 is 2.89 bits per heavy atom. The molecule has 19 heavy (non-hydrogen) atoms. The van der Waals surface area contributed by atoms with E-state index in [2.05, 4.69) is 15.5 Å². The highest BCUT2D eigenvalue weighted by atomic mass is 32.2. The maximum atomic E-state index is 12.7. The number of nitrogens with one attached hydrogen (secondary N) is 2. The first-order valence-electron chi connectivity index (χ1n) is 6.22. The van der Waals surface area contributed by atoms with Gasteiger partial charge in [-0.3, -0.25) is 5.10 Å². The summed E-state index contributed by atoms with van der Waals surface area (Å²) in [6.07, 6.45) is 0.730. The number of likely N-dealkylation sites (N-methyl/N-ethyl adjacent to an activating group) is 1. The minimum absolute atomic E-state index is 0.0956. The van der Waals surface area contributed by atoms with E-state index in [9.17, 15) is 8.42 Å². The predicted octanol–water partition coefficient (Wildman–Crippen LogP) is -0.153. The largest absolute Gasteiger partial charge is 0.380 e. The van der Waals surface area contributed by atoms with Gasteiger partial charge in [-0.15, -0.1) is 0 Å². The number of aromatic nitrogens is 2. The lowest BCUT2D eigenvalue weighted by molar-refractivity contribution is 0.181. The van der Waals surface area contributed by atoms with Gasteiger partial charge < -0.3 is 10.1 Å². The van der Waals surface area contributed by atoms with Crippen molar-refractivity contribution in [3.05, 3.63) is 11.4 Å². The number of sulfonamides is 1. The van der Waals surface area contributed by atoms with E-state index in [-0.39, 0.29) is 10.9 Å². The second kappa shape index (κ2) is 5.58. The van der Waals surface area contributed by atoms with Crippen LogP contribution < -0.4 is 5.32 Å². The van der Waals surface area contributed by atoms with Gasteiger partial charge in [-0.1, -0.05) is 0 Å². The summed E-state index contributed by atoms with van der Waals surface area (Å²) in [6.45, 7) is 3.19. The monoisotopic (exact) mass is 288 g/mol. The molecule has 0 aliphatic carbocycles. The van der Waals surface area contributed by atoms with E-state index in [1.165, 1.54) is 4.31 Å². The van der Waals surface area contributed by atoms with Crippen LogP contribution in [0.2, 0.25) is 0 Å². The summed E-state index contributed by atoms with van der Waals surface area (Å²) in [4.78, 5) is 0.274. The zero-order valence-electron chi connectivity index (χ0n) is 11.4. The van der Waals surface area contributed by atoms with Gasteiger partial charge in [-0.25, -0.2) is 8.42 Å². The standard InChI is InChI=1S/C11H20N4O3S/c1-8-11(10(6-12-2)14-13-8)19(16,17)15(3)9-4-5-18-7-9/h9,12H,4-7H2,1-3H3,(H,13,14). The van der Waals surface area contributed by atoms with E-state index in [1.54, 1.807) is 21.0 Å². The SMILES string of the molecule is CNCc1n[nH]c(C)c1S(=O)(=O)N(C)C1CCOC1. The van der Waals surface area contributed by atoms with E-state index in [0.717, 1.165) is 6.42 Å². The molecule has 2 heterocycles. The fourth-order valence-electron chi connectivity index (χ4n) is 2.25. The van der Waals surface area contributed by atoms with Gasteiger partial charge in [0.15, 0.2) is 0 Å². The Bertz CT molecular complexity index is 534. The maximum absolute atomic E-state index is 12.7. The zero-order chi connectivity index (χ0) is 14.0. The average Bonchev–Trinajstić information content (AvgIpc) is 2.98. The summed E-state index contributed by atoms with van der Waals surface area (Å²) in [5, 5.41) is 9.73. The van der Waals surface area contributed by atoms with Crippen molar-refractivity contribution in [1.29, 1.82) is 0 Å². The molecule has 1 saturated heterocycles. The van der Waals surface area contributed by atoms with Gasteiger partial charge in [0.2, 0.25) is 10.0 Å². The van der Waals surface area contributed by atoms with Gasteiger partial charge in [0.1, 0.15) is 4.90 Å². The Kier molecular flexibility index (Phi) is 4.24. The summed E-state index contributed by atoms with van der Waals surface area (Å²) in [6, 6.07) is -0.0956. The summed E-state index contributed by atoms with van der Waals surface area (Å²) in [7, 11) is -0.183. The summed E-state index contributed by atoms with van der Waals surface area (Å²) < 4.78 is 32.0. The molecule has 2 rings (SSSR count). The number of hydrogen-bond acceptors (Lipinski definition) is 5. The minimum Gasteiger partial charge on any atom is -0.380 e. The Labute approximate surface area is 113 Å². The molecule has 0 spiro atoms. The molecule has 0 radical (unpaired) electrons. The van der Waals surface area contributed by atoms with E-state index in [0.29, 0.717) is 31.1 Å². The predicted molar refractivity (Wildman–Crippen MR) is 70.3 cm³/mol. The molecule has 1 aromatic rings. The number of H-pyrrole nitrogens is 1. The topological polar surface area (TPSA) is 87.3 Å². The van der Waals surface area contributed by atoms with Gasteiger partial charge in [-0.05, 0) is 20.4 Å². The number of rotatable bonds is 5. The maximum Gasteiger partial charge on any atom is 0.246 e. The number of aryl methyl sites for hydroxylation is 1. The normalized spacial score (nSPS) is 20.3. The third-order valence-corrected chi connectivity index (χ3v) is 5.48. The summed E-state index contributed by atoms with van der Waals surface area (Å²) in [5.41, 5.74) is 1.08. The minimum atomic E-state index is -3.54. The molecule has 1 aliphatic rings. The molecule has 0 bridgehead atoms. The number of nitrogens with zero attached hydrogens (tertiary/aromatic N) is 2. The van der Waals surface area contributed by atoms with Gasteiger partial charge in [0.25, 0.3) is 0 Å². The van der Waals surface area contributed by atoms with Crippen molar-refractivity contribution < 1.29 is 13.2 Å². The quantitative estimate of drug-likeness (QED) is 0.786. The van der Waals surface area contributed by atoms with Crippen LogP contribution in [0.5, 0.6) is 0 Å². The Balaban J connectivity index is 2.35. The average molecular weight is 288 g/mol. The van der Waals surface area contributed by atoms with Crippen molar-refractivity contribution >= 4 is 10.0 Å². The van der Waals surface area contributed by atoms with Crippen LogP contribution in [-0.2, 0) is 21.3 Å². The molecule has 0 aromatic carbocycles. The molecular formula is C11H20N4O3S. The Morgan fingerprint density at radius 1 is 1.58 bits per heavy atom. The molecule has 1 aliphatic heterocycles. The van der Waals surface area contributed by atoms with Gasteiger partial charge in [-0.2, -0.15) is 9.40 Å². The molecule has 1 atom stereocenters. The van der Waals surface area contributed by atoms with Crippen molar-refractivity contribution in [2.75, 3.05) is 27.3 Å². The van der Waals surface area contributed by atoms with Crippen molar-refractivity contribution in [3.8, 4) is 0 Å². The molecule has 7 nitrogen and oxygen atoms in total. The lowest BCUT2D eigenvalue weighted by atomic mass is 10.3. The number of hydrogen-bond donors (Lipinski definition) is 2. The summed E-state index contributed by atoms with van der Waals surface area (Å²) in [5.74, 6) is 0. The lowest BCUT2D eigenvalue weighted by Crippen LogP contribution is -2.38. The zero-order valence-corrected chi connectivity index (χ0v) is 12.2. The molecular weight excluding hydrogens is 268 g/mol. The van der Waals surface area contributed by atoms with Crippen LogP contribution in [0, 0.1) is 6.92 Å². The third kappa shape index (κ3) is 2.66. The first-order chi connectivity index (χ1) is 8.98. The lowest BCUT2D eigenvalue weighted by Gasteiger charge is -2.22. The first kappa shape index (κ1) is 14.4. The summed E-state index contributed by atoms with van der Waals surface area (Å²) >= 11 is 0. The van der Waals surface area contributed by atoms with Crippen molar-refractivity contribution in [1.82, 2.24) is 19.8 Å². The highest BCUT2D eigenvalue weighted by molar-refractivity contribution is 7.89. The fourth-order valence-corrected chi connectivity index (χ4v) is 3.94. The van der Waals surface area contributed by atoms with Crippen LogP contribution in [0.4, 0.5) is 0 Å². The van der Waals surface area contributed by atoms with Crippen molar-refractivity contribution in [2.24, 2.45) is 0 Å². The molecule has 1 fully saturated rings. The van der Waals surface area contributed by atoms with Gasteiger partial charge >= 0.3 is 0 Å². The number of aromatic amines is 1. The molecule has 0 amide bonds. The smallest absolute Gasteiger partial charge is 0.246 e. The van der Waals surface area contributed by atoms with Gasteiger partial charge in [0.05, 0.1) is 24.0 Å². The Hall–Kier alpha value is -0.960. The van der Waals surface area contributed by atoms with Crippen molar-refractivity contribution in [3.63, 3.8) is 0 Å². The molecule has 1 aromatic heterocycles. The molecule has 2 N–H and O–H groups in total. The van der Waals surface area contributed by atoms with Crippen LogP contribution in [0.3, 0.4) is 0 Å². The van der Waals surface area contributed by atoms with Crippen LogP contribution >= 0.6 is 0 Å². The van der Waals surface area contributed by atoms with Crippen LogP contribution in [-0.4, -0.2) is 56.3 Å². The highest BCUT2D eigenvalue weighted by Crippen LogP contribution is 2.25. The molecule has 8 heteroatoms. The molecule has 1 unspecified atom stereocenters. The van der Waals surface area contributed by atoms with E-state index < -0.39 is 10.0 Å². The Morgan fingerprint density at radius 2 is 2.32 bits per heavy atom. The number of ether oxygens (including phenoxy) is 1. The highest BCUT2D eigenvalue weighted by Gasteiger charge is 2.34. The first-order valence-corrected chi connectivity index (χ1v) is 7.66. The van der Waals surface area contributed by atoms with Gasteiger partial charge in [0, 0.05) is 20.2 Å². The van der Waals surface area contributed by atoms with Crippen LogP contribution in [0.1, 0.15) is 17.8 Å². The van der Waals surface area contributed by atoms with E-state index >= 15 is 0 Å². The van der Waals surface area contributed by atoms with Crippen LogP contribution in [0.25, 0.3) is 0 Å².